The van der Waals surface area contributed by atoms with Crippen molar-refractivity contribution in [1.82, 2.24) is 0 Å². The smallest absolute Gasteiger partial charge is 0.159 e. The molecule has 0 saturated carbocycles. The zero-order chi connectivity index (χ0) is 16.4. The van der Waals surface area contributed by atoms with Crippen LogP contribution in [0.1, 0.15) is 37.7 Å². The maximum absolute atomic E-state index is 14.3. The van der Waals surface area contributed by atoms with Gasteiger partial charge >= 0.3 is 0 Å². The van der Waals surface area contributed by atoms with Crippen molar-refractivity contribution in [3.05, 3.63) is 71.6 Å². The Kier molecular flexibility index (Phi) is 4.56. The first-order chi connectivity index (χ1) is 11.1. The van der Waals surface area contributed by atoms with E-state index < -0.39 is 11.6 Å². The molecule has 3 rings (SSSR count). The fraction of sp³-hybridized carbons (Fsp3) is 0.300. The van der Waals surface area contributed by atoms with E-state index >= 15 is 0 Å². The molecule has 0 aromatic heterocycles. The van der Waals surface area contributed by atoms with Gasteiger partial charge in [-0.25, -0.2) is 13.2 Å². The summed E-state index contributed by atoms with van der Waals surface area (Å²) in [6.07, 6.45) is 4.53. The van der Waals surface area contributed by atoms with Gasteiger partial charge in [-0.3, -0.25) is 0 Å². The summed E-state index contributed by atoms with van der Waals surface area (Å²) in [6, 6.07) is 11.3. The molecule has 0 aliphatic heterocycles. The summed E-state index contributed by atoms with van der Waals surface area (Å²) in [5, 5.41) is 0. The van der Waals surface area contributed by atoms with E-state index in [0.717, 1.165) is 36.5 Å². The summed E-state index contributed by atoms with van der Waals surface area (Å²) in [5.74, 6) is -1.61. The van der Waals surface area contributed by atoms with Gasteiger partial charge in [0, 0.05) is 5.92 Å². The van der Waals surface area contributed by atoms with Gasteiger partial charge in [-0.2, -0.15) is 0 Å². The summed E-state index contributed by atoms with van der Waals surface area (Å²) < 4.78 is 40.6. The lowest BCUT2D eigenvalue weighted by molar-refractivity contribution is 0.417. The number of allylic oxidation sites excluding steroid dienone is 2. The Bertz CT molecular complexity index is 716. The molecule has 23 heavy (non-hydrogen) atoms. The first kappa shape index (κ1) is 15.9. The Morgan fingerprint density at radius 2 is 1.57 bits per heavy atom. The Labute approximate surface area is 134 Å². The molecule has 2 aromatic rings. The first-order valence-electron chi connectivity index (χ1n) is 8.01. The van der Waals surface area contributed by atoms with Crippen LogP contribution in [0.3, 0.4) is 0 Å². The van der Waals surface area contributed by atoms with Crippen LogP contribution >= 0.6 is 0 Å². The lowest BCUT2D eigenvalue weighted by Crippen LogP contribution is -2.10. The highest BCUT2D eigenvalue weighted by atomic mass is 19.2. The van der Waals surface area contributed by atoms with E-state index in [4.69, 9.17) is 0 Å². The summed E-state index contributed by atoms with van der Waals surface area (Å²) in [5.41, 5.74) is 2.33. The molecule has 3 heteroatoms. The van der Waals surface area contributed by atoms with Gasteiger partial charge in [0.15, 0.2) is 11.6 Å². The average molecular weight is 316 g/mol. The van der Waals surface area contributed by atoms with Gasteiger partial charge < -0.3 is 0 Å². The van der Waals surface area contributed by atoms with Crippen molar-refractivity contribution in [2.75, 3.05) is 0 Å². The van der Waals surface area contributed by atoms with Gasteiger partial charge in [-0.05, 0) is 60.1 Å². The number of benzene rings is 2. The quantitative estimate of drug-likeness (QED) is 0.615. The van der Waals surface area contributed by atoms with Crippen LogP contribution in [0.4, 0.5) is 13.2 Å². The minimum Gasteiger partial charge on any atom is -0.211 e. The second kappa shape index (κ2) is 6.61. The predicted molar refractivity (Wildman–Crippen MR) is 86.7 cm³/mol. The Hall–Kier alpha value is -2.03. The molecular weight excluding hydrogens is 297 g/mol. The van der Waals surface area contributed by atoms with E-state index in [9.17, 15) is 13.2 Å². The zero-order valence-electron chi connectivity index (χ0n) is 13.0. The molecular formula is C20H19F3. The van der Waals surface area contributed by atoms with Gasteiger partial charge in [0.05, 0.1) is 0 Å². The lowest BCUT2D eigenvalue weighted by Gasteiger charge is -2.24. The number of rotatable bonds is 3. The monoisotopic (exact) mass is 316 g/mol. The van der Waals surface area contributed by atoms with Crippen molar-refractivity contribution < 1.29 is 13.2 Å². The number of hydrogen-bond donors (Lipinski definition) is 0. The normalized spacial score (nSPS) is 21.1. The minimum atomic E-state index is -0.863. The minimum absolute atomic E-state index is 0.0522. The van der Waals surface area contributed by atoms with Crippen LogP contribution in [0.5, 0.6) is 0 Å². The van der Waals surface area contributed by atoms with Crippen molar-refractivity contribution in [1.29, 1.82) is 0 Å². The second-order valence-corrected chi connectivity index (χ2v) is 6.10. The highest BCUT2D eigenvalue weighted by Gasteiger charge is 2.23. The molecule has 0 heterocycles. The molecule has 0 saturated heterocycles. The largest absolute Gasteiger partial charge is 0.211 e. The van der Waals surface area contributed by atoms with E-state index in [1.165, 1.54) is 6.07 Å². The van der Waals surface area contributed by atoms with Crippen molar-refractivity contribution in [3.8, 4) is 11.1 Å². The highest BCUT2D eigenvalue weighted by molar-refractivity contribution is 5.64. The Balaban J connectivity index is 1.83. The fourth-order valence-electron chi connectivity index (χ4n) is 3.17. The van der Waals surface area contributed by atoms with E-state index in [2.05, 4.69) is 6.92 Å². The molecule has 2 atom stereocenters. The molecule has 0 bridgehead atoms. The maximum Gasteiger partial charge on any atom is 0.159 e. The van der Waals surface area contributed by atoms with Crippen LogP contribution in [0.2, 0.25) is 0 Å². The summed E-state index contributed by atoms with van der Waals surface area (Å²) in [6.45, 7) is 2.07. The second-order valence-electron chi connectivity index (χ2n) is 6.10. The van der Waals surface area contributed by atoms with Crippen molar-refractivity contribution in [3.63, 3.8) is 0 Å². The van der Waals surface area contributed by atoms with E-state index in [0.29, 0.717) is 11.5 Å². The SMILES string of the molecule is CCC1C=C(F)C(c2ccc(-c3ccc(F)c(F)c3)cc2)CC1. The first-order valence-corrected chi connectivity index (χ1v) is 8.01. The number of hydrogen-bond acceptors (Lipinski definition) is 0. The highest BCUT2D eigenvalue weighted by Crippen LogP contribution is 2.38. The molecule has 0 N–H and O–H groups in total. The van der Waals surface area contributed by atoms with Gasteiger partial charge in [0.1, 0.15) is 5.83 Å². The molecule has 0 spiro atoms. The lowest BCUT2D eigenvalue weighted by atomic mass is 9.82. The van der Waals surface area contributed by atoms with Crippen LogP contribution in [0.15, 0.2) is 54.4 Å². The maximum atomic E-state index is 14.3. The molecule has 2 unspecified atom stereocenters. The molecule has 1 aliphatic carbocycles. The topological polar surface area (TPSA) is 0 Å². The molecule has 0 nitrogen and oxygen atoms in total. The number of halogens is 3. The molecule has 0 radical (unpaired) electrons. The summed E-state index contributed by atoms with van der Waals surface area (Å²) in [4.78, 5) is 0. The summed E-state index contributed by atoms with van der Waals surface area (Å²) in [7, 11) is 0. The molecule has 0 fully saturated rings. The van der Waals surface area contributed by atoms with Crippen LogP contribution in [-0.2, 0) is 0 Å². The van der Waals surface area contributed by atoms with Crippen LogP contribution < -0.4 is 0 Å². The van der Waals surface area contributed by atoms with E-state index in [1.54, 1.807) is 12.1 Å². The Morgan fingerprint density at radius 1 is 0.870 bits per heavy atom. The molecule has 120 valence electrons. The molecule has 2 aromatic carbocycles. The third-order valence-electron chi connectivity index (χ3n) is 4.64. The van der Waals surface area contributed by atoms with Gasteiger partial charge in [-0.1, -0.05) is 37.3 Å². The van der Waals surface area contributed by atoms with Crippen LogP contribution in [0.25, 0.3) is 11.1 Å². The molecule has 0 amide bonds. The van der Waals surface area contributed by atoms with E-state index in [-0.39, 0.29) is 11.7 Å². The third kappa shape index (κ3) is 3.34. The predicted octanol–water partition coefficient (Wildman–Crippen LogP) is 6.39. The van der Waals surface area contributed by atoms with Crippen LogP contribution in [0, 0.1) is 17.6 Å². The van der Waals surface area contributed by atoms with E-state index in [1.807, 2.05) is 24.3 Å². The summed E-state index contributed by atoms with van der Waals surface area (Å²) >= 11 is 0. The van der Waals surface area contributed by atoms with Gasteiger partial charge in [0.25, 0.3) is 0 Å². The van der Waals surface area contributed by atoms with Crippen molar-refractivity contribution >= 4 is 0 Å². The van der Waals surface area contributed by atoms with Crippen molar-refractivity contribution in [2.45, 2.75) is 32.1 Å². The van der Waals surface area contributed by atoms with Crippen LogP contribution in [-0.4, -0.2) is 0 Å². The zero-order valence-corrected chi connectivity index (χ0v) is 13.0. The van der Waals surface area contributed by atoms with Crippen molar-refractivity contribution in [2.24, 2.45) is 5.92 Å². The average Bonchev–Trinajstić information content (AvgIpc) is 2.57. The standard InChI is InChI=1S/C20H19F3/c1-2-13-3-9-17(19(22)11-13)15-6-4-14(5-7-15)16-8-10-18(21)20(23)12-16/h4-8,10-13,17H,2-3,9H2,1H3. The van der Waals surface area contributed by atoms with Gasteiger partial charge in [0.2, 0.25) is 0 Å². The fourth-order valence-corrected chi connectivity index (χ4v) is 3.17. The third-order valence-corrected chi connectivity index (χ3v) is 4.64. The van der Waals surface area contributed by atoms with Gasteiger partial charge in [-0.15, -0.1) is 0 Å². The Morgan fingerprint density at radius 3 is 2.17 bits per heavy atom. The molecule has 1 aliphatic rings.